The maximum absolute atomic E-state index is 9.69. The van der Waals surface area contributed by atoms with Crippen LogP contribution in [0.1, 0.15) is 36.8 Å². The number of rotatable bonds is 9. The Bertz CT molecular complexity index is 341. The molecule has 0 aliphatic rings. The average Bonchev–Trinajstić information content (AvgIpc) is 2.36. The molecule has 2 nitrogen and oxygen atoms in total. The summed E-state index contributed by atoms with van der Waals surface area (Å²) in [5.41, 5.74) is 2.19. The third kappa shape index (κ3) is 6.31. The molecule has 0 atom stereocenters. The molecule has 0 aliphatic carbocycles. The molecule has 0 saturated heterocycles. The lowest BCUT2D eigenvalue weighted by Gasteiger charge is -2.07. The van der Waals surface area contributed by atoms with Crippen molar-refractivity contribution >= 4 is 11.8 Å². The molecule has 0 fully saturated rings. The highest BCUT2D eigenvalue weighted by atomic mass is 32.2. The van der Waals surface area contributed by atoms with Crippen molar-refractivity contribution in [1.82, 2.24) is 5.32 Å². The Morgan fingerprint density at radius 3 is 2.72 bits per heavy atom. The Labute approximate surface area is 115 Å². The number of aromatic hydroxyl groups is 1. The van der Waals surface area contributed by atoms with E-state index in [-0.39, 0.29) is 0 Å². The molecule has 3 heteroatoms. The zero-order valence-corrected chi connectivity index (χ0v) is 12.4. The molecular weight excluding hydrogens is 242 g/mol. The fourth-order valence-electron chi connectivity index (χ4n) is 1.93. The first-order chi connectivity index (χ1) is 8.74. The summed E-state index contributed by atoms with van der Waals surface area (Å²) in [6.45, 7) is 3.85. The summed E-state index contributed by atoms with van der Waals surface area (Å²) in [5.74, 6) is 1.68. The van der Waals surface area contributed by atoms with Gasteiger partial charge in [0.15, 0.2) is 0 Å². The van der Waals surface area contributed by atoms with Crippen molar-refractivity contribution in [3.05, 3.63) is 29.3 Å². The highest BCUT2D eigenvalue weighted by Crippen LogP contribution is 2.17. The summed E-state index contributed by atoms with van der Waals surface area (Å²) >= 11 is 1.93. The SMILES string of the molecule is CSCCCCCCNCc1cc(C)ccc1O. The molecule has 0 heterocycles. The predicted octanol–water partition coefficient (Wildman–Crippen LogP) is 3.71. The van der Waals surface area contributed by atoms with E-state index in [0.717, 1.165) is 18.7 Å². The molecule has 0 amide bonds. The number of thioether (sulfide) groups is 1. The van der Waals surface area contributed by atoms with Gasteiger partial charge in [0.1, 0.15) is 5.75 Å². The molecule has 2 N–H and O–H groups in total. The van der Waals surface area contributed by atoms with Crippen LogP contribution in [0.25, 0.3) is 0 Å². The molecule has 0 aromatic heterocycles. The van der Waals surface area contributed by atoms with Crippen LogP contribution >= 0.6 is 11.8 Å². The normalized spacial score (nSPS) is 10.8. The largest absolute Gasteiger partial charge is 0.508 e. The van der Waals surface area contributed by atoms with Crippen LogP contribution in [-0.2, 0) is 6.54 Å². The van der Waals surface area contributed by atoms with Crippen molar-refractivity contribution in [3.63, 3.8) is 0 Å². The van der Waals surface area contributed by atoms with Crippen molar-refractivity contribution in [2.75, 3.05) is 18.6 Å². The second kappa shape index (κ2) is 9.29. The lowest BCUT2D eigenvalue weighted by molar-refractivity contribution is 0.463. The molecule has 0 aliphatic heterocycles. The molecule has 1 aromatic rings. The van der Waals surface area contributed by atoms with E-state index in [9.17, 15) is 5.11 Å². The van der Waals surface area contributed by atoms with Crippen LogP contribution in [0, 0.1) is 6.92 Å². The number of hydrogen-bond acceptors (Lipinski definition) is 3. The van der Waals surface area contributed by atoms with Gasteiger partial charge >= 0.3 is 0 Å². The van der Waals surface area contributed by atoms with Crippen LogP contribution in [-0.4, -0.2) is 23.7 Å². The molecule has 0 radical (unpaired) electrons. The number of aryl methyl sites for hydroxylation is 1. The highest BCUT2D eigenvalue weighted by molar-refractivity contribution is 7.98. The van der Waals surface area contributed by atoms with Gasteiger partial charge in [-0.2, -0.15) is 11.8 Å². The lowest BCUT2D eigenvalue weighted by Crippen LogP contribution is -2.14. The van der Waals surface area contributed by atoms with Gasteiger partial charge in [-0.25, -0.2) is 0 Å². The number of phenols is 1. The van der Waals surface area contributed by atoms with E-state index < -0.39 is 0 Å². The highest BCUT2D eigenvalue weighted by Gasteiger charge is 2.00. The molecule has 0 saturated carbocycles. The molecule has 1 rings (SSSR count). The molecule has 0 spiro atoms. The van der Waals surface area contributed by atoms with Crippen molar-refractivity contribution < 1.29 is 5.11 Å². The summed E-state index contributed by atoms with van der Waals surface area (Å²) < 4.78 is 0. The summed E-state index contributed by atoms with van der Waals surface area (Å²) in [6.07, 6.45) is 7.35. The van der Waals surface area contributed by atoms with Crippen LogP contribution in [0.15, 0.2) is 18.2 Å². The Balaban J connectivity index is 2.09. The smallest absolute Gasteiger partial charge is 0.120 e. The fraction of sp³-hybridized carbons (Fsp3) is 0.600. The minimum absolute atomic E-state index is 0.396. The van der Waals surface area contributed by atoms with Crippen LogP contribution in [0.4, 0.5) is 0 Å². The Morgan fingerprint density at radius 2 is 1.94 bits per heavy atom. The number of phenolic OH excluding ortho intramolecular Hbond substituents is 1. The Hall–Kier alpha value is -0.670. The molecule has 102 valence electrons. The standard InChI is InChI=1S/C15H25NOS/c1-13-7-8-15(17)14(11-13)12-16-9-5-3-4-6-10-18-2/h7-8,11,16-17H,3-6,9-10,12H2,1-2H3. The second-order valence-corrected chi connectivity index (χ2v) is 5.70. The van der Waals surface area contributed by atoms with Gasteiger partial charge in [-0.1, -0.05) is 30.5 Å². The lowest BCUT2D eigenvalue weighted by atomic mass is 10.1. The number of benzene rings is 1. The van der Waals surface area contributed by atoms with Gasteiger partial charge < -0.3 is 10.4 Å². The topological polar surface area (TPSA) is 32.3 Å². The van der Waals surface area contributed by atoms with Crippen LogP contribution in [0.5, 0.6) is 5.75 Å². The van der Waals surface area contributed by atoms with E-state index in [4.69, 9.17) is 0 Å². The van der Waals surface area contributed by atoms with Gasteiger partial charge in [0.2, 0.25) is 0 Å². The first kappa shape index (κ1) is 15.4. The maximum atomic E-state index is 9.69. The predicted molar refractivity (Wildman–Crippen MR) is 81.4 cm³/mol. The number of hydrogen-bond donors (Lipinski definition) is 2. The first-order valence-electron chi connectivity index (χ1n) is 6.72. The zero-order chi connectivity index (χ0) is 13.2. The fourth-order valence-corrected chi connectivity index (χ4v) is 2.42. The molecule has 1 aromatic carbocycles. The van der Waals surface area contributed by atoms with Crippen molar-refractivity contribution in [2.24, 2.45) is 0 Å². The van der Waals surface area contributed by atoms with Gasteiger partial charge in [0, 0.05) is 12.1 Å². The minimum Gasteiger partial charge on any atom is -0.508 e. The van der Waals surface area contributed by atoms with Crippen LogP contribution < -0.4 is 5.32 Å². The van der Waals surface area contributed by atoms with Crippen molar-refractivity contribution in [2.45, 2.75) is 39.2 Å². The molecular formula is C15H25NOS. The van der Waals surface area contributed by atoms with Gasteiger partial charge in [-0.15, -0.1) is 0 Å². The Kier molecular flexibility index (Phi) is 7.94. The summed E-state index contributed by atoms with van der Waals surface area (Å²) in [4.78, 5) is 0. The summed E-state index contributed by atoms with van der Waals surface area (Å²) in [6, 6.07) is 5.75. The number of unbranched alkanes of at least 4 members (excludes halogenated alkanes) is 3. The van der Waals surface area contributed by atoms with E-state index in [1.54, 1.807) is 6.07 Å². The third-order valence-corrected chi connectivity index (χ3v) is 3.70. The van der Waals surface area contributed by atoms with Crippen LogP contribution in [0.3, 0.4) is 0 Å². The van der Waals surface area contributed by atoms with E-state index in [0.29, 0.717) is 5.75 Å². The minimum atomic E-state index is 0.396. The quantitative estimate of drug-likeness (QED) is 0.669. The maximum Gasteiger partial charge on any atom is 0.120 e. The first-order valence-corrected chi connectivity index (χ1v) is 8.11. The summed E-state index contributed by atoms with van der Waals surface area (Å²) in [5, 5.41) is 13.1. The average molecular weight is 267 g/mol. The van der Waals surface area contributed by atoms with E-state index in [2.05, 4.69) is 18.5 Å². The van der Waals surface area contributed by atoms with Gasteiger partial charge in [-0.05, 0) is 44.4 Å². The van der Waals surface area contributed by atoms with E-state index in [1.165, 1.54) is 37.0 Å². The van der Waals surface area contributed by atoms with Crippen molar-refractivity contribution in [1.29, 1.82) is 0 Å². The Morgan fingerprint density at radius 1 is 1.17 bits per heavy atom. The second-order valence-electron chi connectivity index (χ2n) is 4.72. The molecule has 0 bridgehead atoms. The monoisotopic (exact) mass is 267 g/mol. The van der Waals surface area contributed by atoms with E-state index in [1.807, 2.05) is 23.9 Å². The zero-order valence-electron chi connectivity index (χ0n) is 11.5. The van der Waals surface area contributed by atoms with Crippen molar-refractivity contribution in [3.8, 4) is 5.75 Å². The number of nitrogens with one attached hydrogen (secondary N) is 1. The van der Waals surface area contributed by atoms with Crippen LogP contribution in [0.2, 0.25) is 0 Å². The summed E-state index contributed by atoms with van der Waals surface area (Å²) in [7, 11) is 0. The van der Waals surface area contributed by atoms with Gasteiger partial charge in [0.25, 0.3) is 0 Å². The molecule has 18 heavy (non-hydrogen) atoms. The molecule has 0 unspecified atom stereocenters. The van der Waals surface area contributed by atoms with E-state index >= 15 is 0 Å². The van der Waals surface area contributed by atoms with Gasteiger partial charge in [-0.3, -0.25) is 0 Å². The third-order valence-electron chi connectivity index (χ3n) is 3.00. The van der Waals surface area contributed by atoms with Gasteiger partial charge in [0.05, 0.1) is 0 Å².